The lowest BCUT2D eigenvalue weighted by molar-refractivity contribution is 0.0943. The standard InChI is InChI=1S/C27H33N5O2/c1-19-8-6-9-21(16-19)32-15-14-31(17-20(32)2)13-7-12-28-27(33)25-23-18-34-24-11-5-4-10-22(24)26(23)30(3)29-25/h4-6,8-11,16,20H,7,12-15,17-18H2,1-3H3,(H,28,33)/t20-/m0/s1. The molecule has 1 aromatic heterocycles. The zero-order valence-corrected chi connectivity index (χ0v) is 20.3. The topological polar surface area (TPSA) is 62.6 Å². The molecule has 7 heteroatoms. The Hall–Kier alpha value is -3.32. The van der Waals surface area contributed by atoms with Gasteiger partial charge >= 0.3 is 0 Å². The number of hydrogen-bond donors (Lipinski definition) is 1. The van der Waals surface area contributed by atoms with E-state index in [-0.39, 0.29) is 5.91 Å². The lowest BCUT2D eigenvalue weighted by Gasteiger charge is -2.41. The highest BCUT2D eigenvalue weighted by molar-refractivity contribution is 5.96. The van der Waals surface area contributed by atoms with Crippen molar-refractivity contribution < 1.29 is 9.53 Å². The van der Waals surface area contributed by atoms with Gasteiger partial charge in [0.15, 0.2) is 5.69 Å². The number of amides is 1. The molecule has 0 bridgehead atoms. The lowest BCUT2D eigenvalue weighted by atomic mass is 10.0. The highest BCUT2D eigenvalue weighted by Crippen LogP contribution is 2.38. The number of fused-ring (bicyclic) bond motifs is 3. The molecule has 1 N–H and O–H groups in total. The number of nitrogens with one attached hydrogen (secondary N) is 1. The first-order valence-corrected chi connectivity index (χ1v) is 12.1. The average molecular weight is 460 g/mol. The maximum absolute atomic E-state index is 12.9. The Labute approximate surface area is 201 Å². The molecule has 178 valence electrons. The maximum Gasteiger partial charge on any atom is 0.272 e. The van der Waals surface area contributed by atoms with Crippen molar-refractivity contribution in [2.75, 3.05) is 37.6 Å². The predicted octanol–water partition coefficient (Wildman–Crippen LogP) is 3.62. The van der Waals surface area contributed by atoms with Gasteiger partial charge in [0.25, 0.3) is 5.91 Å². The van der Waals surface area contributed by atoms with Gasteiger partial charge in [-0.25, -0.2) is 0 Å². The second kappa shape index (κ2) is 9.50. The second-order valence-electron chi connectivity index (χ2n) is 9.38. The van der Waals surface area contributed by atoms with Gasteiger partial charge in [0.1, 0.15) is 12.4 Å². The monoisotopic (exact) mass is 459 g/mol. The molecule has 0 aliphatic carbocycles. The van der Waals surface area contributed by atoms with E-state index in [0.29, 0.717) is 24.9 Å². The van der Waals surface area contributed by atoms with Gasteiger partial charge in [0, 0.05) is 56.1 Å². The van der Waals surface area contributed by atoms with Crippen molar-refractivity contribution >= 4 is 11.6 Å². The van der Waals surface area contributed by atoms with Gasteiger partial charge in [-0.05, 0) is 56.6 Å². The molecular formula is C27H33N5O2. The first-order chi connectivity index (χ1) is 16.5. The van der Waals surface area contributed by atoms with Crippen LogP contribution in [0.3, 0.4) is 0 Å². The molecule has 1 amide bonds. The summed E-state index contributed by atoms with van der Waals surface area (Å²) in [6, 6.07) is 17.1. The van der Waals surface area contributed by atoms with Crippen molar-refractivity contribution in [3.63, 3.8) is 0 Å². The van der Waals surface area contributed by atoms with Gasteiger partial charge in [-0.2, -0.15) is 5.10 Å². The van der Waals surface area contributed by atoms with E-state index in [0.717, 1.165) is 55.2 Å². The minimum absolute atomic E-state index is 0.127. The van der Waals surface area contributed by atoms with Crippen LogP contribution in [0.4, 0.5) is 5.69 Å². The van der Waals surface area contributed by atoms with Crippen molar-refractivity contribution in [3.8, 4) is 17.0 Å². The van der Waals surface area contributed by atoms with Crippen LogP contribution >= 0.6 is 0 Å². The number of anilines is 1. The molecule has 1 fully saturated rings. The predicted molar refractivity (Wildman–Crippen MR) is 134 cm³/mol. The zero-order valence-electron chi connectivity index (χ0n) is 20.3. The molecule has 0 spiro atoms. The Kier molecular flexibility index (Phi) is 6.28. The molecule has 7 nitrogen and oxygen atoms in total. The van der Waals surface area contributed by atoms with Crippen molar-refractivity contribution in [1.29, 1.82) is 0 Å². The highest BCUT2D eigenvalue weighted by Gasteiger charge is 2.28. The highest BCUT2D eigenvalue weighted by atomic mass is 16.5. The summed E-state index contributed by atoms with van der Waals surface area (Å²) in [5.74, 6) is 0.708. The van der Waals surface area contributed by atoms with Crippen LogP contribution in [0.5, 0.6) is 5.75 Å². The Morgan fingerprint density at radius 1 is 1.18 bits per heavy atom. The Morgan fingerprint density at radius 3 is 2.85 bits per heavy atom. The summed E-state index contributed by atoms with van der Waals surface area (Å²) in [6.07, 6.45) is 0.914. The molecule has 0 radical (unpaired) electrons. The molecule has 1 atom stereocenters. The zero-order chi connectivity index (χ0) is 23.7. The quantitative estimate of drug-likeness (QED) is 0.571. The number of piperazine rings is 1. The van der Waals surface area contributed by atoms with Crippen LogP contribution in [-0.4, -0.2) is 59.4 Å². The summed E-state index contributed by atoms with van der Waals surface area (Å²) in [6.45, 7) is 9.51. The van der Waals surface area contributed by atoms with Crippen LogP contribution in [0.25, 0.3) is 11.3 Å². The Balaban J connectivity index is 1.13. The second-order valence-corrected chi connectivity index (χ2v) is 9.38. The van der Waals surface area contributed by atoms with E-state index in [9.17, 15) is 4.79 Å². The van der Waals surface area contributed by atoms with Gasteiger partial charge in [-0.3, -0.25) is 14.4 Å². The number of carbonyl (C=O) groups is 1. The molecule has 0 saturated carbocycles. The number of aromatic nitrogens is 2. The normalized spacial score (nSPS) is 17.6. The number of hydrogen-bond acceptors (Lipinski definition) is 5. The maximum atomic E-state index is 12.9. The van der Waals surface area contributed by atoms with Crippen molar-refractivity contribution in [1.82, 2.24) is 20.0 Å². The van der Waals surface area contributed by atoms with Crippen molar-refractivity contribution in [2.24, 2.45) is 7.05 Å². The first-order valence-electron chi connectivity index (χ1n) is 12.1. The largest absolute Gasteiger partial charge is 0.488 e. The van der Waals surface area contributed by atoms with E-state index < -0.39 is 0 Å². The van der Waals surface area contributed by atoms with Gasteiger partial charge in [0.05, 0.1) is 5.69 Å². The number of rotatable bonds is 6. The summed E-state index contributed by atoms with van der Waals surface area (Å²) in [5, 5.41) is 7.59. The molecule has 2 aliphatic rings. The van der Waals surface area contributed by atoms with Crippen molar-refractivity contribution in [3.05, 3.63) is 65.4 Å². The van der Waals surface area contributed by atoms with Gasteiger partial charge in [-0.15, -0.1) is 0 Å². The van der Waals surface area contributed by atoms with E-state index in [2.05, 4.69) is 58.3 Å². The molecule has 1 saturated heterocycles. The van der Waals surface area contributed by atoms with Crippen LogP contribution in [0.1, 0.15) is 35.0 Å². The SMILES string of the molecule is Cc1cccc(N2CCN(CCCNC(=O)c3nn(C)c4c3COc3ccccc3-4)C[C@@H]2C)c1. The molecule has 3 heterocycles. The Bertz CT molecular complexity index is 1190. The summed E-state index contributed by atoms with van der Waals surface area (Å²) >= 11 is 0. The fourth-order valence-corrected chi connectivity index (χ4v) is 5.18. The summed E-state index contributed by atoms with van der Waals surface area (Å²) in [4.78, 5) is 17.9. The average Bonchev–Trinajstić information content (AvgIpc) is 3.19. The summed E-state index contributed by atoms with van der Waals surface area (Å²) in [5.41, 5.74) is 5.88. The molecule has 3 aromatic rings. The minimum atomic E-state index is -0.127. The van der Waals surface area contributed by atoms with E-state index in [1.807, 2.05) is 31.3 Å². The molecule has 5 rings (SSSR count). The number of benzene rings is 2. The number of para-hydroxylation sites is 1. The van der Waals surface area contributed by atoms with Crippen molar-refractivity contribution in [2.45, 2.75) is 32.9 Å². The Morgan fingerprint density at radius 2 is 2.03 bits per heavy atom. The van der Waals surface area contributed by atoms with Crippen LogP contribution in [0.15, 0.2) is 48.5 Å². The van der Waals surface area contributed by atoms with Gasteiger partial charge in [0.2, 0.25) is 0 Å². The third-order valence-electron chi connectivity index (χ3n) is 6.86. The molecule has 34 heavy (non-hydrogen) atoms. The smallest absolute Gasteiger partial charge is 0.272 e. The van der Waals surface area contributed by atoms with Crippen LogP contribution in [0, 0.1) is 6.92 Å². The molecule has 0 unspecified atom stereocenters. The fraction of sp³-hybridized carbons (Fsp3) is 0.407. The van der Waals surface area contributed by atoms with Crippen LogP contribution in [0.2, 0.25) is 0 Å². The molecule has 2 aromatic carbocycles. The van der Waals surface area contributed by atoms with Gasteiger partial charge in [-0.1, -0.05) is 24.3 Å². The van der Waals surface area contributed by atoms with E-state index in [1.54, 1.807) is 4.68 Å². The minimum Gasteiger partial charge on any atom is -0.488 e. The number of nitrogens with zero attached hydrogens (tertiary/aromatic N) is 4. The van der Waals surface area contributed by atoms with E-state index in [4.69, 9.17) is 4.74 Å². The first kappa shape index (κ1) is 22.5. The summed E-state index contributed by atoms with van der Waals surface area (Å²) < 4.78 is 7.66. The van der Waals surface area contributed by atoms with Gasteiger partial charge < -0.3 is 15.0 Å². The summed E-state index contributed by atoms with van der Waals surface area (Å²) in [7, 11) is 1.88. The molecular weight excluding hydrogens is 426 g/mol. The number of carbonyl (C=O) groups excluding carboxylic acids is 1. The number of ether oxygens (including phenoxy) is 1. The van der Waals surface area contributed by atoms with E-state index in [1.165, 1.54) is 11.3 Å². The lowest BCUT2D eigenvalue weighted by Crippen LogP contribution is -2.52. The third kappa shape index (κ3) is 4.40. The fourth-order valence-electron chi connectivity index (χ4n) is 5.18. The third-order valence-corrected chi connectivity index (χ3v) is 6.86. The van der Waals surface area contributed by atoms with Crippen LogP contribution in [-0.2, 0) is 13.7 Å². The molecule has 2 aliphatic heterocycles. The van der Waals surface area contributed by atoms with E-state index >= 15 is 0 Å². The van der Waals surface area contributed by atoms with Crippen LogP contribution < -0.4 is 15.0 Å². The number of aryl methyl sites for hydroxylation is 2.